The summed E-state index contributed by atoms with van der Waals surface area (Å²) >= 11 is 0. The summed E-state index contributed by atoms with van der Waals surface area (Å²) in [6.45, 7) is 2.27. The Labute approximate surface area is 270 Å². The van der Waals surface area contributed by atoms with Gasteiger partial charge in [0.2, 0.25) is 7.28 Å². The molecule has 0 unspecified atom stereocenters. The van der Waals surface area contributed by atoms with Crippen LogP contribution in [0.3, 0.4) is 0 Å². The first-order chi connectivity index (χ1) is 22.3. The molecule has 6 rings (SSSR count). The van der Waals surface area contributed by atoms with Gasteiger partial charge in [-0.2, -0.15) is 0 Å². The largest absolute Gasteiger partial charge is 0.345 e. The van der Waals surface area contributed by atoms with E-state index in [2.05, 4.69) is 177 Å². The smallest absolute Gasteiger partial charge is 0.241 e. The Hall–Kier alpha value is -4.67. The van der Waals surface area contributed by atoms with Crippen molar-refractivity contribution in [2.24, 2.45) is 0 Å². The minimum absolute atomic E-state index is 0.843. The quantitative estimate of drug-likeness (QED) is 0.0615. The van der Waals surface area contributed by atoms with Crippen molar-refractivity contribution in [2.45, 2.75) is 38.8 Å². The van der Waals surface area contributed by atoms with Crippen molar-refractivity contribution in [2.75, 3.05) is 0 Å². The summed E-state index contributed by atoms with van der Waals surface area (Å²) in [5.74, 6) is 0. The highest BCUT2D eigenvalue weighted by molar-refractivity contribution is 7.10. The van der Waals surface area contributed by atoms with E-state index < -0.39 is 8.07 Å². The Morgan fingerprint density at radius 1 is 0.667 bits per heavy atom. The number of nitrogens with zero attached hydrogens (tertiary/aromatic N) is 2. The van der Waals surface area contributed by atoms with E-state index in [1.807, 2.05) is 6.20 Å². The Kier molecular flexibility index (Phi) is 10.0. The van der Waals surface area contributed by atoms with E-state index in [-0.39, 0.29) is 0 Å². The van der Waals surface area contributed by atoms with E-state index in [1.54, 1.807) is 0 Å². The van der Waals surface area contributed by atoms with Gasteiger partial charge in [-0.1, -0.05) is 177 Å². The van der Waals surface area contributed by atoms with Gasteiger partial charge >= 0.3 is 0 Å². The van der Waals surface area contributed by atoms with E-state index in [0.717, 1.165) is 23.8 Å². The van der Waals surface area contributed by atoms with Gasteiger partial charge in [-0.05, 0) is 45.1 Å². The molecule has 0 saturated heterocycles. The molecule has 0 aliphatic rings. The zero-order valence-corrected chi connectivity index (χ0v) is 27.1. The van der Waals surface area contributed by atoms with Crippen molar-refractivity contribution in [3.8, 4) is 0 Å². The molecule has 1 radical (unpaired) electrons. The fourth-order valence-electron chi connectivity index (χ4n) is 6.31. The molecule has 0 N–H and O–H groups in total. The van der Waals surface area contributed by atoms with Crippen LogP contribution in [0.25, 0.3) is 11.5 Å². The molecule has 4 heteroatoms. The lowest BCUT2D eigenvalue weighted by atomic mass is 9.65. The van der Waals surface area contributed by atoms with E-state index in [0.29, 0.717) is 0 Å². The van der Waals surface area contributed by atoms with Gasteiger partial charge in [-0.15, -0.1) is 0 Å². The number of benzene rings is 5. The zero-order chi connectivity index (χ0) is 30.7. The molecule has 45 heavy (non-hydrogen) atoms. The lowest BCUT2D eigenvalue weighted by molar-refractivity contribution is 0.717. The zero-order valence-electron chi connectivity index (χ0n) is 26.1. The van der Waals surface area contributed by atoms with Crippen molar-refractivity contribution in [3.05, 3.63) is 175 Å². The molecule has 0 atom stereocenters. The fraction of sp³-hybridized carbons (Fsp3) is 0.146. The van der Waals surface area contributed by atoms with Crippen LogP contribution >= 0.6 is 0 Å². The monoisotopic (exact) mass is 599 g/mol. The van der Waals surface area contributed by atoms with Gasteiger partial charge in [0.15, 0.2) is 8.07 Å². The molecule has 6 aromatic rings. The standard InChI is InChI=1S/C41H40BN2Si/c1-2-3-8-17-34-26-28-39(29-27-34)45(37-22-13-6-14-23-37,38-24-15-7-16-25-38)33-44-31-30-43-41(44)42-40(36-20-11-5-12-21-36)32-35-18-9-4-10-19-35/h4-7,9-16,18-32H,2-3,8,17,33H2,1H3. The molecule has 0 aliphatic carbocycles. The predicted molar refractivity (Wildman–Crippen MR) is 196 cm³/mol. The highest BCUT2D eigenvalue weighted by atomic mass is 28.3. The van der Waals surface area contributed by atoms with Crippen molar-refractivity contribution in [3.63, 3.8) is 0 Å². The van der Waals surface area contributed by atoms with Gasteiger partial charge in [-0.3, -0.25) is 4.98 Å². The average molecular weight is 600 g/mol. The van der Waals surface area contributed by atoms with Gasteiger partial charge in [0.05, 0.1) is 5.72 Å². The molecule has 0 aliphatic heterocycles. The first-order valence-electron chi connectivity index (χ1n) is 16.1. The molecular formula is C41H40BN2Si. The first-order valence-corrected chi connectivity index (χ1v) is 18.4. The van der Waals surface area contributed by atoms with Crippen molar-refractivity contribution in [1.29, 1.82) is 0 Å². The van der Waals surface area contributed by atoms with Crippen LogP contribution in [0, 0.1) is 0 Å². The van der Waals surface area contributed by atoms with Gasteiger partial charge in [0.1, 0.15) is 0 Å². The molecule has 0 bridgehead atoms. The summed E-state index contributed by atoms with van der Waals surface area (Å²) in [5, 5.41) is 4.22. The van der Waals surface area contributed by atoms with Crippen molar-refractivity contribution >= 4 is 48.2 Å². The molecule has 221 valence electrons. The second-order valence-corrected chi connectivity index (χ2v) is 15.6. The van der Waals surface area contributed by atoms with Gasteiger partial charge in [0, 0.05) is 18.6 Å². The first kappa shape index (κ1) is 30.4. The summed E-state index contributed by atoms with van der Waals surface area (Å²) in [7, 11) is -0.297. The number of aryl methyl sites for hydroxylation is 1. The van der Waals surface area contributed by atoms with E-state index in [4.69, 9.17) is 4.98 Å². The lowest BCUT2D eigenvalue weighted by Gasteiger charge is -2.35. The Balaban J connectivity index is 1.44. The third-order valence-electron chi connectivity index (χ3n) is 8.72. The third kappa shape index (κ3) is 7.19. The van der Waals surface area contributed by atoms with Crippen LogP contribution in [-0.2, 0) is 12.6 Å². The molecule has 0 fully saturated rings. The number of imidazole rings is 1. The van der Waals surface area contributed by atoms with Crippen LogP contribution in [-0.4, -0.2) is 24.9 Å². The van der Waals surface area contributed by atoms with Gasteiger partial charge < -0.3 is 4.57 Å². The maximum absolute atomic E-state index is 4.93. The Morgan fingerprint density at radius 3 is 1.82 bits per heavy atom. The van der Waals surface area contributed by atoms with Crippen LogP contribution < -0.4 is 21.3 Å². The van der Waals surface area contributed by atoms with Crippen molar-refractivity contribution in [1.82, 2.24) is 9.55 Å². The van der Waals surface area contributed by atoms with Crippen LogP contribution in [0.15, 0.2) is 158 Å². The van der Waals surface area contributed by atoms with E-state index in [9.17, 15) is 0 Å². The molecule has 0 saturated carbocycles. The second kappa shape index (κ2) is 14.9. The summed E-state index contributed by atoms with van der Waals surface area (Å²) in [6, 6.07) is 53.1. The molecule has 1 heterocycles. The van der Waals surface area contributed by atoms with Crippen molar-refractivity contribution < 1.29 is 0 Å². The third-order valence-corrected chi connectivity index (χ3v) is 13.5. The fourth-order valence-corrected chi connectivity index (χ4v) is 10.9. The van der Waals surface area contributed by atoms with E-state index >= 15 is 0 Å². The van der Waals surface area contributed by atoms with Crippen LogP contribution in [0.4, 0.5) is 0 Å². The molecular weight excluding hydrogens is 559 g/mol. The predicted octanol–water partition coefficient (Wildman–Crippen LogP) is 6.85. The van der Waals surface area contributed by atoms with Crippen LogP contribution in [0.2, 0.25) is 0 Å². The van der Waals surface area contributed by atoms with Crippen LogP contribution in [0.1, 0.15) is 42.9 Å². The maximum atomic E-state index is 4.93. The highest BCUT2D eigenvalue weighted by Crippen LogP contribution is 2.18. The van der Waals surface area contributed by atoms with Crippen LogP contribution in [0.5, 0.6) is 0 Å². The minimum atomic E-state index is -2.54. The molecule has 0 amide bonds. The minimum Gasteiger partial charge on any atom is -0.345 e. The summed E-state index contributed by atoms with van der Waals surface area (Å²) in [4.78, 5) is 4.93. The van der Waals surface area contributed by atoms with Gasteiger partial charge in [0.25, 0.3) is 0 Å². The highest BCUT2D eigenvalue weighted by Gasteiger charge is 2.40. The van der Waals surface area contributed by atoms with Gasteiger partial charge in [-0.25, -0.2) is 0 Å². The number of hydrogen-bond acceptors (Lipinski definition) is 1. The number of hydrogen-bond donors (Lipinski definition) is 0. The lowest BCUT2D eigenvalue weighted by Crippen LogP contribution is -2.70. The second-order valence-electron chi connectivity index (χ2n) is 11.7. The Morgan fingerprint density at radius 2 is 1.22 bits per heavy atom. The average Bonchev–Trinajstić information content (AvgIpc) is 3.55. The molecule has 1 aromatic heterocycles. The number of unbranched alkanes of at least 4 members (excludes halogenated alkanes) is 2. The van der Waals surface area contributed by atoms with E-state index in [1.165, 1.54) is 51.5 Å². The Bertz CT molecular complexity index is 1740. The molecule has 2 nitrogen and oxygen atoms in total. The normalized spacial score (nSPS) is 11.8. The summed E-state index contributed by atoms with van der Waals surface area (Å²) < 4.78 is 2.38. The molecule has 0 spiro atoms. The summed E-state index contributed by atoms with van der Waals surface area (Å²) in [6.07, 6.45) is 12.1. The summed E-state index contributed by atoms with van der Waals surface area (Å²) in [5.41, 5.74) is 5.86. The number of aromatic nitrogens is 2. The SMILES string of the molecule is CCCCCc1ccc([Si](Cn2ccnc2[B]C(=Cc2ccccc2)c2ccccc2)(c2ccccc2)c2ccccc2)cc1. The number of rotatable bonds is 13. The topological polar surface area (TPSA) is 17.8 Å². The maximum Gasteiger partial charge on any atom is 0.241 e. The molecule has 5 aromatic carbocycles.